The molecule has 1 aromatic heterocycles. The van der Waals surface area contributed by atoms with Crippen LogP contribution in [-0.2, 0) is 9.53 Å². The van der Waals surface area contributed by atoms with Gasteiger partial charge in [0.1, 0.15) is 0 Å². The van der Waals surface area contributed by atoms with Crippen LogP contribution in [0.1, 0.15) is 44.0 Å². The van der Waals surface area contributed by atoms with Crippen molar-refractivity contribution in [2.75, 3.05) is 18.9 Å². The Hall–Kier alpha value is -1.34. The fourth-order valence-electron chi connectivity index (χ4n) is 2.43. The molecule has 0 aliphatic carbocycles. The number of nitrogens with zero attached hydrogens (tertiary/aromatic N) is 2. The van der Waals surface area contributed by atoms with Gasteiger partial charge in [0.25, 0.3) is 5.56 Å². The Bertz CT molecular complexity index is 628. The summed E-state index contributed by atoms with van der Waals surface area (Å²) in [7, 11) is 0. The van der Waals surface area contributed by atoms with Crippen LogP contribution in [-0.4, -0.2) is 40.5 Å². The maximum absolute atomic E-state index is 12.4. The zero-order valence-electron chi connectivity index (χ0n) is 14.2. The summed E-state index contributed by atoms with van der Waals surface area (Å²) < 4.78 is 7.11. The predicted octanol–water partition coefficient (Wildman–Crippen LogP) is 1.83. The molecule has 1 atom stereocenters. The fourth-order valence-corrected chi connectivity index (χ4v) is 3.61. The molecule has 0 aromatic carbocycles. The lowest BCUT2D eigenvalue weighted by Gasteiger charge is -2.14. The highest BCUT2D eigenvalue weighted by atomic mass is 32.2. The molecule has 1 aliphatic heterocycles. The van der Waals surface area contributed by atoms with E-state index in [9.17, 15) is 9.59 Å². The van der Waals surface area contributed by atoms with Crippen molar-refractivity contribution >= 4 is 17.7 Å². The average molecular weight is 339 g/mol. The van der Waals surface area contributed by atoms with E-state index < -0.39 is 0 Å². The summed E-state index contributed by atoms with van der Waals surface area (Å²) in [5.74, 6) is 0.688. The van der Waals surface area contributed by atoms with Gasteiger partial charge in [-0.15, -0.1) is 0 Å². The lowest BCUT2D eigenvalue weighted by molar-refractivity contribution is -0.121. The van der Waals surface area contributed by atoms with Gasteiger partial charge in [-0.25, -0.2) is 4.98 Å². The maximum Gasteiger partial charge on any atom is 0.257 e. The van der Waals surface area contributed by atoms with Crippen LogP contribution in [0.15, 0.2) is 9.95 Å². The molecule has 1 amide bonds. The molecule has 2 rings (SSSR count). The molecule has 1 N–H and O–H groups in total. The van der Waals surface area contributed by atoms with Gasteiger partial charge in [-0.3, -0.25) is 14.2 Å². The normalized spacial score (nSPS) is 16.7. The van der Waals surface area contributed by atoms with E-state index in [-0.39, 0.29) is 23.6 Å². The van der Waals surface area contributed by atoms with E-state index in [1.807, 2.05) is 20.8 Å². The number of aryl methyl sites for hydroxylation is 1. The van der Waals surface area contributed by atoms with Crippen LogP contribution in [0, 0.1) is 13.8 Å². The fraction of sp³-hybridized carbons (Fsp3) is 0.688. The first-order chi connectivity index (χ1) is 10.9. The summed E-state index contributed by atoms with van der Waals surface area (Å²) in [5.41, 5.74) is 1.40. The third-order valence-corrected chi connectivity index (χ3v) is 4.93. The third kappa shape index (κ3) is 4.57. The van der Waals surface area contributed by atoms with Crippen LogP contribution in [0.25, 0.3) is 0 Å². The second kappa shape index (κ2) is 7.97. The summed E-state index contributed by atoms with van der Waals surface area (Å²) in [5, 5.41) is 3.62. The summed E-state index contributed by atoms with van der Waals surface area (Å²) in [6.07, 6.45) is 1.32. The molecular formula is C16H25N3O3S. The van der Waals surface area contributed by atoms with Crippen molar-refractivity contribution < 1.29 is 9.53 Å². The van der Waals surface area contributed by atoms with Crippen molar-refractivity contribution in [3.8, 4) is 0 Å². The first-order valence-electron chi connectivity index (χ1n) is 8.01. The molecule has 0 spiro atoms. The van der Waals surface area contributed by atoms with Crippen LogP contribution in [0.4, 0.5) is 0 Å². The quantitative estimate of drug-likeness (QED) is 0.606. The number of fused-ring (bicyclic) bond motifs is 1. The molecule has 23 heavy (non-hydrogen) atoms. The first-order valence-corrected chi connectivity index (χ1v) is 8.99. The minimum atomic E-state index is -0.110. The van der Waals surface area contributed by atoms with Crippen molar-refractivity contribution in [1.82, 2.24) is 14.9 Å². The number of hydrogen-bond acceptors (Lipinski definition) is 5. The van der Waals surface area contributed by atoms with Crippen molar-refractivity contribution in [2.45, 2.75) is 57.8 Å². The number of thioether (sulfide) groups is 1. The molecule has 0 fully saturated rings. The van der Waals surface area contributed by atoms with Gasteiger partial charge in [0.2, 0.25) is 5.91 Å². The number of aromatic nitrogens is 2. The Morgan fingerprint density at radius 3 is 2.91 bits per heavy atom. The Labute approximate surface area is 141 Å². The van der Waals surface area contributed by atoms with E-state index in [0.29, 0.717) is 25.1 Å². The Morgan fingerprint density at radius 2 is 2.22 bits per heavy atom. The smallest absolute Gasteiger partial charge is 0.257 e. The minimum absolute atomic E-state index is 0.0272. The molecule has 1 unspecified atom stereocenters. The molecule has 0 bridgehead atoms. The topological polar surface area (TPSA) is 73.2 Å². The van der Waals surface area contributed by atoms with Gasteiger partial charge in [-0.05, 0) is 34.1 Å². The molecule has 2 heterocycles. The number of hydrogen-bond donors (Lipinski definition) is 1. The molecule has 0 saturated carbocycles. The molecule has 6 nitrogen and oxygen atoms in total. The third-order valence-electron chi connectivity index (χ3n) is 3.84. The van der Waals surface area contributed by atoms with Crippen molar-refractivity contribution in [1.29, 1.82) is 0 Å². The number of carbonyl (C=O) groups is 1. The number of carbonyl (C=O) groups excluding carboxylic acids is 1. The second-order valence-corrected chi connectivity index (χ2v) is 7.06. The van der Waals surface area contributed by atoms with Crippen molar-refractivity contribution in [2.24, 2.45) is 0 Å². The van der Waals surface area contributed by atoms with E-state index >= 15 is 0 Å². The van der Waals surface area contributed by atoms with Crippen molar-refractivity contribution in [3.63, 3.8) is 0 Å². The van der Waals surface area contributed by atoms with Gasteiger partial charge in [-0.1, -0.05) is 11.8 Å². The number of nitrogens with one attached hydrogen (secondary N) is 1. The summed E-state index contributed by atoms with van der Waals surface area (Å²) >= 11 is 1.54. The van der Waals surface area contributed by atoms with Gasteiger partial charge < -0.3 is 10.1 Å². The van der Waals surface area contributed by atoms with Gasteiger partial charge in [0, 0.05) is 36.6 Å². The highest BCUT2D eigenvalue weighted by molar-refractivity contribution is 7.99. The molecular weight excluding hydrogens is 314 g/mol. The van der Waals surface area contributed by atoms with Gasteiger partial charge in [0.05, 0.1) is 12.1 Å². The molecule has 7 heteroatoms. The lowest BCUT2D eigenvalue weighted by Crippen LogP contribution is -2.32. The Balaban J connectivity index is 1.88. The Morgan fingerprint density at radius 1 is 1.48 bits per heavy atom. The first kappa shape index (κ1) is 18.0. The van der Waals surface area contributed by atoms with E-state index in [2.05, 4.69) is 10.3 Å². The number of ether oxygens (including phenoxy) is 1. The van der Waals surface area contributed by atoms with Crippen LogP contribution in [0.5, 0.6) is 0 Å². The summed E-state index contributed by atoms with van der Waals surface area (Å²) in [4.78, 5) is 28.9. The monoisotopic (exact) mass is 339 g/mol. The largest absolute Gasteiger partial charge is 0.379 e. The average Bonchev–Trinajstić information content (AvgIpc) is 2.86. The zero-order valence-corrected chi connectivity index (χ0v) is 15.0. The van der Waals surface area contributed by atoms with Crippen LogP contribution < -0.4 is 10.9 Å². The zero-order chi connectivity index (χ0) is 17.0. The van der Waals surface area contributed by atoms with Crippen LogP contribution in [0.3, 0.4) is 0 Å². The van der Waals surface area contributed by atoms with E-state index in [1.54, 1.807) is 23.3 Å². The summed E-state index contributed by atoms with van der Waals surface area (Å²) in [6.45, 7) is 8.84. The van der Waals surface area contributed by atoms with Crippen molar-refractivity contribution in [3.05, 3.63) is 21.6 Å². The van der Waals surface area contributed by atoms with E-state index in [4.69, 9.17) is 4.74 Å². The van der Waals surface area contributed by atoms with Crippen LogP contribution >= 0.6 is 11.8 Å². The molecule has 1 aliphatic rings. The number of amides is 1. The van der Waals surface area contributed by atoms with Gasteiger partial charge in [-0.2, -0.15) is 0 Å². The van der Waals surface area contributed by atoms with Crippen LogP contribution in [0.2, 0.25) is 0 Å². The molecule has 1 aromatic rings. The molecule has 0 radical (unpaired) electrons. The molecule has 128 valence electrons. The second-order valence-electron chi connectivity index (χ2n) is 6.07. The lowest BCUT2D eigenvalue weighted by atomic mass is 10.2. The van der Waals surface area contributed by atoms with Gasteiger partial charge in [0.15, 0.2) is 5.16 Å². The highest BCUT2D eigenvalue weighted by Crippen LogP contribution is 2.32. The molecule has 0 saturated heterocycles. The SMILES string of the molecule is Cc1nc2n(c(=O)c1C)C(CC(=O)NCCCOC(C)C)CS2. The highest BCUT2D eigenvalue weighted by Gasteiger charge is 2.28. The minimum Gasteiger partial charge on any atom is -0.379 e. The predicted molar refractivity (Wildman–Crippen MR) is 91.1 cm³/mol. The van der Waals surface area contributed by atoms with E-state index in [0.717, 1.165) is 23.0 Å². The standard InChI is InChI=1S/C16H25N3O3S/c1-10(2)22-7-5-6-17-14(20)8-13-9-23-16-18-12(4)11(3)15(21)19(13)16/h10,13H,5-9H2,1-4H3,(H,17,20). The Kier molecular flexibility index (Phi) is 6.24. The summed E-state index contributed by atoms with van der Waals surface area (Å²) in [6, 6.07) is -0.110. The maximum atomic E-state index is 12.4. The van der Waals surface area contributed by atoms with Gasteiger partial charge >= 0.3 is 0 Å². The number of rotatable bonds is 7. The van der Waals surface area contributed by atoms with E-state index in [1.165, 1.54) is 0 Å².